The molecule has 3 rings (SSSR count). The zero-order chi connectivity index (χ0) is 18.7. The molecule has 6 heteroatoms. The van der Waals surface area contributed by atoms with Crippen LogP contribution in [0, 0.1) is 6.92 Å². The summed E-state index contributed by atoms with van der Waals surface area (Å²) < 4.78 is 16.3. The number of hydrogen-bond acceptors (Lipinski definition) is 6. The van der Waals surface area contributed by atoms with Gasteiger partial charge in [0.25, 0.3) is 0 Å². The lowest BCUT2D eigenvalue weighted by Gasteiger charge is -2.12. The van der Waals surface area contributed by atoms with Crippen LogP contribution in [0.2, 0.25) is 0 Å². The number of aromatic nitrogens is 1. The second kappa shape index (κ2) is 7.39. The molecule has 1 aromatic heterocycles. The highest BCUT2D eigenvalue weighted by Crippen LogP contribution is 2.39. The minimum atomic E-state index is -0.449. The van der Waals surface area contributed by atoms with Crippen molar-refractivity contribution in [3.63, 3.8) is 0 Å². The normalized spacial score (nSPS) is 14.3. The summed E-state index contributed by atoms with van der Waals surface area (Å²) in [6.45, 7) is 5.12. The van der Waals surface area contributed by atoms with Crippen LogP contribution in [0.25, 0.3) is 6.08 Å². The van der Waals surface area contributed by atoms with E-state index in [0.29, 0.717) is 22.6 Å². The first-order chi connectivity index (χ1) is 12.5. The SMILES string of the molecule is Cc1c(OCC(=O)OC(C)C)ccc2c1O/C(=C\c1ccncc1)C2=O. The quantitative estimate of drug-likeness (QED) is 0.606. The van der Waals surface area contributed by atoms with Gasteiger partial charge in [-0.15, -0.1) is 0 Å². The average Bonchev–Trinajstić information content (AvgIpc) is 2.92. The maximum atomic E-state index is 12.5. The Morgan fingerprint density at radius 1 is 1.23 bits per heavy atom. The molecule has 6 nitrogen and oxygen atoms in total. The molecule has 0 unspecified atom stereocenters. The van der Waals surface area contributed by atoms with Crippen LogP contribution in [0.1, 0.15) is 35.3 Å². The molecule has 2 aromatic rings. The van der Waals surface area contributed by atoms with E-state index in [-0.39, 0.29) is 24.3 Å². The van der Waals surface area contributed by atoms with Gasteiger partial charge in [-0.3, -0.25) is 9.78 Å². The topological polar surface area (TPSA) is 74.7 Å². The van der Waals surface area contributed by atoms with E-state index in [2.05, 4.69) is 4.98 Å². The monoisotopic (exact) mass is 353 g/mol. The van der Waals surface area contributed by atoms with Crippen LogP contribution >= 0.6 is 0 Å². The average molecular weight is 353 g/mol. The van der Waals surface area contributed by atoms with Crippen LogP contribution in [0.4, 0.5) is 0 Å². The molecule has 0 radical (unpaired) electrons. The van der Waals surface area contributed by atoms with Gasteiger partial charge in [0.2, 0.25) is 5.78 Å². The van der Waals surface area contributed by atoms with Crippen molar-refractivity contribution in [1.82, 2.24) is 4.98 Å². The van der Waals surface area contributed by atoms with Crippen LogP contribution in [-0.4, -0.2) is 29.4 Å². The van der Waals surface area contributed by atoms with Gasteiger partial charge in [-0.05, 0) is 56.7 Å². The molecule has 0 spiro atoms. The van der Waals surface area contributed by atoms with Crippen molar-refractivity contribution in [2.24, 2.45) is 0 Å². The smallest absolute Gasteiger partial charge is 0.344 e. The Hall–Kier alpha value is -3.15. The van der Waals surface area contributed by atoms with Gasteiger partial charge in [0.05, 0.1) is 11.7 Å². The molecule has 1 aliphatic rings. The van der Waals surface area contributed by atoms with Crippen LogP contribution < -0.4 is 9.47 Å². The predicted octanol–water partition coefficient (Wildman–Crippen LogP) is 3.34. The fourth-order valence-electron chi connectivity index (χ4n) is 2.57. The number of carbonyl (C=O) groups is 2. The maximum Gasteiger partial charge on any atom is 0.344 e. The van der Waals surface area contributed by atoms with Crippen molar-refractivity contribution in [3.05, 3.63) is 59.1 Å². The van der Waals surface area contributed by atoms with Crippen molar-refractivity contribution >= 4 is 17.8 Å². The first-order valence-corrected chi connectivity index (χ1v) is 8.26. The van der Waals surface area contributed by atoms with Gasteiger partial charge in [-0.1, -0.05) is 0 Å². The van der Waals surface area contributed by atoms with E-state index in [9.17, 15) is 9.59 Å². The number of ether oxygens (including phenoxy) is 3. The van der Waals surface area contributed by atoms with Crippen molar-refractivity contribution in [3.8, 4) is 11.5 Å². The van der Waals surface area contributed by atoms with Crippen molar-refractivity contribution in [2.45, 2.75) is 26.9 Å². The zero-order valence-corrected chi connectivity index (χ0v) is 14.8. The van der Waals surface area contributed by atoms with Crippen LogP contribution in [-0.2, 0) is 9.53 Å². The van der Waals surface area contributed by atoms with Gasteiger partial charge >= 0.3 is 5.97 Å². The van der Waals surface area contributed by atoms with Crippen LogP contribution in [0.15, 0.2) is 42.4 Å². The number of fused-ring (bicyclic) bond motifs is 1. The Morgan fingerprint density at radius 3 is 2.65 bits per heavy atom. The molecule has 0 atom stereocenters. The summed E-state index contributed by atoms with van der Waals surface area (Å²) in [5, 5.41) is 0. The summed E-state index contributed by atoms with van der Waals surface area (Å²) in [5.41, 5.74) is 1.95. The molecule has 26 heavy (non-hydrogen) atoms. The summed E-state index contributed by atoms with van der Waals surface area (Å²) in [6, 6.07) is 6.87. The molecule has 0 saturated heterocycles. The van der Waals surface area contributed by atoms with Gasteiger partial charge in [0.1, 0.15) is 11.5 Å². The minimum absolute atomic E-state index is 0.189. The Labute approximate surface area is 151 Å². The maximum absolute atomic E-state index is 12.5. The molecular formula is C20H19NO5. The van der Waals surface area contributed by atoms with Crippen molar-refractivity contribution < 1.29 is 23.8 Å². The molecule has 0 N–H and O–H groups in total. The third kappa shape index (κ3) is 3.74. The molecule has 0 bridgehead atoms. The molecule has 0 amide bonds. The Bertz CT molecular complexity index is 871. The van der Waals surface area contributed by atoms with E-state index in [1.165, 1.54) is 0 Å². The Morgan fingerprint density at radius 2 is 1.96 bits per heavy atom. The Kier molecular flexibility index (Phi) is 5.02. The summed E-state index contributed by atoms with van der Waals surface area (Å²) in [6.07, 6.45) is 4.76. The van der Waals surface area contributed by atoms with Gasteiger partial charge in [-0.2, -0.15) is 0 Å². The third-order valence-corrected chi connectivity index (χ3v) is 3.75. The van der Waals surface area contributed by atoms with Gasteiger partial charge in [0, 0.05) is 18.0 Å². The highest BCUT2D eigenvalue weighted by Gasteiger charge is 2.30. The number of nitrogens with zero attached hydrogens (tertiary/aromatic N) is 1. The summed E-state index contributed by atoms with van der Waals surface area (Å²) in [4.78, 5) is 28.1. The molecule has 2 heterocycles. The molecule has 1 aliphatic heterocycles. The lowest BCUT2D eigenvalue weighted by Crippen LogP contribution is -2.19. The number of pyridine rings is 1. The molecule has 0 fully saturated rings. The number of ketones is 1. The van der Waals surface area contributed by atoms with E-state index >= 15 is 0 Å². The molecular weight excluding hydrogens is 334 g/mol. The zero-order valence-electron chi connectivity index (χ0n) is 14.8. The first-order valence-electron chi connectivity index (χ1n) is 8.26. The Balaban J connectivity index is 1.79. The number of allylic oxidation sites excluding steroid dienone is 1. The highest BCUT2D eigenvalue weighted by atomic mass is 16.6. The summed E-state index contributed by atoms with van der Waals surface area (Å²) in [7, 11) is 0. The van der Waals surface area contributed by atoms with Crippen LogP contribution in [0.5, 0.6) is 11.5 Å². The van der Waals surface area contributed by atoms with E-state index in [1.54, 1.807) is 63.5 Å². The highest BCUT2D eigenvalue weighted by molar-refractivity contribution is 6.14. The van der Waals surface area contributed by atoms with E-state index in [4.69, 9.17) is 14.2 Å². The number of esters is 1. The summed E-state index contributed by atoms with van der Waals surface area (Å²) in [5.74, 6) is 0.527. The minimum Gasteiger partial charge on any atom is -0.481 e. The first kappa shape index (κ1) is 17.7. The standard InChI is InChI=1S/C20H19NO5/c1-12(2)25-18(22)11-24-16-5-4-15-19(23)17(26-20(15)13(16)3)10-14-6-8-21-9-7-14/h4-10,12H,11H2,1-3H3/b17-10-. The summed E-state index contributed by atoms with van der Waals surface area (Å²) >= 11 is 0. The second-order valence-corrected chi connectivity index (χ2v) is 6.11. The number of Topliss-reactive ketones (excluding diaryl/α,β-unsaturated/α-hetero) is 1. The van der Waals surface area contributed by atoms with Gasteiger partial charge in [-0.25, -0.2) is 4.79 Å². The van der Waals surface area contributed by atoms with Gasteiger partial charge in [0.15, 0.2) is 12.4 Å². The fraction of sp³-hybridized carbons (Fsp3) is 0.250. The predicted molar refractivity (Wildman–Crippen MR) is 95.1 cm³/mol. The number of rotatable bonds is 5. The largest absolute Gasteiger partial charge is 0.481 e. The van der Waals surface area contributed by atoms with Crippen LogP contribution in [0.3, 0.4) is 0 Å². The fourth-order valence-corrected chi connectivity index (χ4v) is 2.57. The molecule has 0 aliphatic carbocycles. The molecule has 1 aromatic carbocycles. The number of hydrogen-bond donors (Lipinski definition) is 0. The van der Waals surface area contributed by atoms with E-state index < -0.39 is 5.97 Å². The van der Waals surface area contributed by atoms with E-state index in [0.717, 1.165) is 5.56 Å². The molecule has 134 valence electrons. The number of carbonyl (C=O) groups excluding carboxylic acids is 2. The van der Waals surface area contributed by atoms with Crippen molar-refractivity contribution in [1.29, 1.82) is 0 Å². The van der Waals surface area contributed by atoms with E-state index in [1.807, 2.05) is 0 Å². The van der Waals surface area contributed by atoms with Gasteiger partial charge < -0.3 is 14.2 Å². The lowest BCUT2D eigenvalue weighted by molar-refractivity contribution is -0.149. The number of benzene rings is 1. The second-order valence-electron chi connectivity index (χ2n) is 6.11. The third-order valence-electron chi connectivity index (χ3n) is 3.75. The van der Waals surface area contributed by atoms with Crippen molar-refractivity contribution in [2.75, 3.05) is 6.61 Å². The molecule has 0 saturated carbocycles. The lowest BCUT2D eigenvalue weighted by atomic mass is 10.1.